The van der Waals surface area contributed by atoms with Crippen molar-refractivity contribution in [2.24, 2.45) is 0 Å². The smallest absolute Gasteiger partial charge is 0.475 e. The zero-order valence-corrected chi connectivity index (χ0v) is 20.5. The molecular formula is C19H30F3N5O9S. The Kier molecular flexibility index (Phi) is 9.57. The van der Waals surface area contributed by atoms with E-state index in [1.165, 1.54) is 24.2 Å². The van der Waals surface area contributed by atoms with Crippen molar-refractivity contribution < 1.29 is 54.8 Å². The van der Waals surface area contributed by atoms with Gasteiger partial charge in [-0.05, 0) is 45.2 Å². The van der Waals surface area contributed by atoms with Crippen molar-refractivity contribution >= 4 is 28.3 Å². The highest BCUT2D eigenvalue weighted by Crippen LogP contribution is 2.30. The Morgan fingerprint density at radius 2 is 1.78 bits per heavy atom. The van der Waals surface area contributed by atoms with E-state index in [-0.39, 0.29) is 12.6 Å². The number of hydrogen-bond acceptors (Lipinski definition) is 9. The van der Waals surface area contributed by atoms with Gasteiger partial charge in [0.05, 0.1) is 12.6 Å². The number of fused-ring (bicyclic) bond motifs is 2. The summed E-state index contributed by atoms with van der Waals surface area (Å²) >= 11 is 0. The van der Waals surface area contributed by atoms with Crippen LogP contribution in [0.25, 0.3) is 0 Å². The second kappa shape index (κ2) is 12.1. The molecule has 4 aliphatic rings. The number of nitrogens with zero attached hydrogens (tertiary/aromatic N) is 3. The third kappa shape index (κ3) is 8.11. The number of aliphatic carboxylic acids is 1. The highest BCUT2D eigenvalue weighted by atomic mass is 32.3. The second-order valence-electron chi connectivity index (χ2n) is 9.18. The molecular weight excluding hydrogens is 531 g/mol. The molecule has 4 saturated heterocycles. The standard InChI is InChI=1S/C17H29N5O7S.C2HF3O2/c23-16(15-5-4-13-10-21(15)17(24)22(13)29-30(25,26)27)19-28-11-12-8-14(9-18-12)20-6-2-1-3-7-20;3-2(4,5)1(6)7/h12-15,18H,1-11H2,(H,19,23)(H,25,26,27);(H,6,7)/t12-,13-,14-,15+;/m1./s1. The molecule has 0 aromatic rings. The molecule has 4 N–H and O–H groups in total. The molecule has 3 amide bonds. The molecule has 0 saturated carbocycles. The summed E-state index contributed by atoms with van der Waals surface area (Å²) in [6.07, 6.45) is 0.396. The molecule has 18 heteroatoms. The van der Waals surface area contributed by atoms with Crippen LogP contribution in [0.15, 0.2) is 0 Å². The maximum absolute atomic E-state index is 12.5. The fraction of sp³-hybridized carbons (Fsp3) is 0.842. The second-order valence-corrected chi connectivity index (χ2v) is 10.2. The molecule has 212 valence electrons. The molecule has 4 atom stereocenters. The van der Waals surface area contributed by atoms with E-state index in [0.717, 1.165) is 26.1 Å². The number of hydroxylamine groups is 3. The Hall–Kier alpha value is -2.25. The molecule has 0 aliphatic carbocycles. The normalized spacial score (nSPS) is 28.6. The number of likely N-dealkylation sites (tertiary alicyclic amines) is 1. The van der Waals surface area contributed by atoms with Crippen LogP contribution in [0.3, 0.4) is 0 Å². The summed E-state index contributed by atoms with van der Waals surface area (Å²) in [5.41, 5.74) is 2.43. The molecule has 4 fully saturated rings. The van der Waals surface area contributed by atoms with Crippen molar-refractivity contribution in [1.29, 1.82) is 0 Å². The predicted molar refractivity (Wildman–Crippen MR) is 117 cm³/mol. The van der Waals surface area contributed by atoms with E-state index >= 15 is 0 Å². The molecule has 14 nitrogen and oxygen atoms in total. The van der Waals surface area contributed by atoms with Crippen molar-refractivity contribution in [3.05, 3.63) is 0 Å². The van der Waals surface area contributed by atoms with Crippen LogP contribution in [0.1, 0.15) is 38.5 Å². The van der Waals surface area contributed by atoms with Gasteiger partial charge in [-0.2, -0.15) is 26.7 Å². The van der Waals surface area contributed by atoms with Gasteiger partial charge in [0.25, 0.3) is 5.91 Å². The van der Waals surface area contributed by atoms with Crippen molar-refractivity contribution in [3.63, 3.8) is 0 Å². The lowest BCUT2D eigenvalue weighted by Gasteiger charge is -2.31. The lowest BCUT2D eigenvalue weighted by Crippen LogP contribution is -2.50. The number of rotatable bonds is 7. The fourth-order valence-corrected chi connectivity index (χ4v) is 5.26. The van der Waals surface area contributed by atoms with Gasteiger partial charge in [-0.25, -0.2) is 15.1 Å². The molecule has 4 heterocycles. The Morgan fingerprint density at radius 1 is 1.14 bits per heavy atom. The van der Waals surface area contributed by atoms with E-state index in [4.69, 9.17) is 19.3 Å². The molecule has 4 aliphatic heterocycles. The van der Waals surface area contributed by atoms with Crippen LogP contribution >= 0.6 is 0 Å². The summed E-state index contributed by atoms with van der Waals surface area (Å²) in [7, 11) is -4.81. The number of nitrogens with one attached hydrogen (secondary N) is 2. The van der Waals surface area contributed by atoms with Gasteiger partial charge in [-0.1, -0.05) is 6.42 Å². The van der Waals surface area contributed by atoms with Crippen LogP contribution in [0.4, 0.5) is 18.0 Å². The van der Waals surface area contributed by atoms with Gasteiger partial charge in [0, 0.05) is 25.2 Å². The van der Waals surface area contributed by atoms with Crippen molar-refractivity contribution in [3.8, 4) is 0 Å². The van der Waals surface area contributed by atoms with Crippen LogP contribution in [0, 0.1) is 0 Å². The summed E-state index contributed by atoms with van der Waals surface area (Å²) in [6, 6.07) is -1.42. The topological polar surface area (TPSA) is 178 Å². The number of alkyl halides is 3. The molecule has 37 heavy (non-hydrogen) atoms. The highest BCUT2D eigenvalue weighted by molar-refractivity contribution is 7.80. The quantitative estimate of drug-likeness (QED) is 0.241. The zero-order valence-electron chi connectivity index (χ0n) is 19.7. The zero-order chi connectivity index (χ0) is 27.4. The Bertz CT molecular complexity index is 948. The number of hydrogen-bond donors (Lipinski definition) is 4. The van der Waals surface area contributed by atoms with E-state index in [2.05, 4.69) is 20.0 Å². The van der Waals surface area contributed by atoms with Crippen LogP contribution < -0.4 is 10.8 Å². The van der Waals surface area contributed by atoms with Crippen LogP contribution in [-0.2, 0) is 29.1 Å². The van der Waals surface area contributed by atoms with Crippen LogP contribution in [-0.4, -0.2) is 114 Å². The lowest BCUT2D eigenvalue weighted by molar-refractivity contribution is -0.192. The molecule has 2 bridgehead atoms. The minimum Gasteiger partial charge on any atom is -0.475 e. The Balaban J connectivity index is 0.000000479. The summed E-state index contributed by atoms with van der Waals surface area (Å²) < 4.78 is 66.8. The van der Waals surface area contributed by atoms with E-state index in [1.54, 1.807) is 0 Å². The number of urea groups is 1. The first-order valence-corrected chi connectivity index (χ1v) is 13.1. The number of carboxylic acid groups (broad SMARTS) is 1. The minimum absolute atomic E-state index is 0.147. The van der Waals surface area contributed by atoms with Gasteiger partial charge in [0.15, 0.2) is 0 Å². The monoisotopic (exact) mass is 561 g/mol. The third-order valence-corrected chi connectivity index (χ3v) is 6.95. The first-order chi connectivity index (χ1) is 17.3. The van der Waals surface area contributed by atoms with E-state index in [1.807, 2.05) is 0 Å². The molecule has 4 rings (SSSR count). The van der Waals surface area contributed by atoms with E-state index < -0.39 is 46.6 Å². The lowest BCUT2D eigenvalue weighted by atomic mass is 10.0. The largest absolute Gasteiger partial charge is 0.490 e. The summed E-state index contributed by atoms with van der Waals surface area (Å²) in [4.78, 5) is 43.0. The van der Waals surface area contributed by atoms with E-state index in [0.29, 0.717) is 30.6 Å². The van der Waals surface area contributed by atoms with Gasteiger partial charge < -0.3 is 15.3 Å². The molecule has 0 aromatic heterocycles. The first-order valence-electron chi connectivity index (χ1n) is 11.7. The summed E-state index contributed by atoms with van der Waals surface area (Å²) in [6.45, 7) is 3.67. The van der Waals surface area contributed by atoms with E-state index in [9.17, 15) is 31.2 Å². The first kappa shape index (κ1) is 29.3. The van der Waals surface area contributed by atoms with Crippen molar-refractivity contribution in [2.75, 3.05) is 32.8 Å². The van der Waals surface area contributed by atoms with Crippen LogP contribution in [0.5, 0.6) is 0 Å². The number of halogens is 3. The molecule has 0 spiro atoms. The summed E-state index contributed by atoms with van der Waals surface area (Å²) in [5, 5.41) is 11.2. The van der Waals surface area contributed by atoms with Crippen molar-refractivity contribution in [2.45, 2.75) is 68.9 Å². The average molecular weight is 562 g/mol. The number of carbonyl (C=O) groups is 3. The van der Waals surface area contributed by atoms with Gasteiger partial charge in [-0.15, -0.1) is 4.28 Å². The number of piperidine rings is 2. The number of carboxylic acids is 1. The molecule has 0 aromatic carbocycles. The number of carbonyl (C=O) groups excluding carboxylic acids is 2. The van der Waals surface area contributed by atoms with Gasteiger partial charge >= 0.3 is 28.6 Å². The Labute approximate surface area is 210 Å². The Morgan fingerprint density at radius 3 is 2.38 bits per heavy atom. The maximum Gasteiger partial charge on any atom is 0.490 e. The summed E-state index contributed by atoms with van der Waals surface area (Å²) in [5.74, 6) is -3.21. The van der Waals surface area contributed by atoms with Gasteiger partial charge in [-0.3, -0.25) is 19.1 Å². The average Bonchev–Trinajstić information content (AvgIpc) is 3.38. The van der Waals surface area contributed by atoms with Gasteiger partial charge in [0.2, 0.25) is 0 Å². The molecule has 0 radical (unpaired) electrons. The molecule has 0 unspecified atom stereocenters. The minimum atomic E-state index is -5.08. The SMILES string of the molecule is O=C(NOC[C@H]1C[C@@H](N2CCCCC2)CN1)[C@@H]1CC[C@@H]2CN1C(=O)N2OS(=O)(=O)O.O=C(O)C(F)(F)F. The fourth-order valence-electron chi connectivity index (χ4n) is 4.87. The number of amides is 3. The van der Waals surface area contributed by atoms with Gasteiger partial charge in [0.1, 0.15) is 6.04 Å². The predicted octanol–water partition coefficient (Wildman–Crippen LogP) is -0.113. The maximum atomic E-state index is 12.5. The highest BCUT2D eigenvalue weighted by Gasteiger charge is 2.49. The van der Waals surface area contributed by atoms with Crippen LogP contribution in [0.2, 0.25) is 0 Å². The third-order valence-electron chi connectivity index (χ3n) is 6.61. The van der Waals surface area contributed by atoms with Crippen molar-refractivity contribution in [1.82, 2.24) is 25.7 Å².